The number of alkyl halides is 1. The first-order valence-electron chi connectivity index (χ1n) is 5.89. The summed E-state index contributed by atoms with van der Waals surface area (Å²) >= 11 is 3.36. The maximum Gasteiger partial charge on any atom is 0.272 e. The third-order valence-corrected chi connectivity index (χ3v) is 3.35. The lowest BCUT2D eigenvalue weighted by molar-refractivity contribution is 0.0790. The number of hydrogen-bond donors (Lipinski definition) is 0. The molecule has 0 fully saturated rings. The van der Waals surface area contributed by atoms with Gasteiger partial charge in [0.15, 0.2) is 0 Å². The highest BCUT2D eigenvalue weighted by Gasteiger charge is 2.12. The van der Waals surface area contributed by atoms with Crippen LogP contribution in [0.1, 0.15) is 16.9 Å². The number of hydrogen-bond acceptors (Lipinski definition) is 2. The van der Waals surface area contributed by atoms with Gasteiger partial charge in [-0.25, -0.2) is 4.98 Å². The van der Waals surface area contributed by atoms with Crippen LogP contribution in [0.5, 0.6) is 0 Å². The molecule has 0 aliphatic carbocycles. The van der Waals surface area contributed by atoms with Gasteiger partial charge >= 0.3 is 0 Å². The van der Waals surface area contributed by atoms with Crippen LogP contribution in [0, 0.1) is 0 Å². The summed E-state index contributed by atoms with van der Waals surface area (Å²) in [6.07, 6.45) is 0.940. The highest BCUT2D eigenvalue weighted by Crippen LogP contribution is 2.12. The molecule has 3 nitrogen and oxygen atoms in total. The van der Waals surface area contributed by atoms with Crippen molar-refractivity contribution in [2.45, 2.75) is 6.42 Å². The standard InChI is InChI=1S/C14H15BrN2O/c1-17(10-4-9-15)14(18)13-8-7-11-5-2-3-6-12(11)16-13/h2-3,5-8H,4,9-10H2,1H3. The first-order valence-corrected chi connectivity index (χ1v) is 7.02. The van der Waals surface area contributed by atoms with E-state index in [9.17, 15) is 4.79 Å². The molecule has 1 aromatic heterocycles. The lowest BCUT2D eigenvalue weighted by atomic mass is 10.2. The van der Waals surface area contributed by atoms with Crippen LogP contribution in [0.25, 0.3) is 10.9 Å². The summed E-state index contributed by atoms with van der Waals surface area (Å²) in [7, 11) is 1.81. The molecule has 0 atom stereocenters. The zero-order chi connectivity index (χ0) is 13.0. The minimum Gasteiger partial charge on any atom is -0.340 e. The van der Waals surface area contributed by atoms with Crippen LogP contribution in [0.2, 0.25) is 0 Å². The Balaban J connectivity index is 2.22. The van der Waals surface area contributed by atoms with Gasteiger partial charge in [0.05, 0.1) is 5.52 Å². The number of pyridine rings is 1. The lowest BCUT2D eigenvalue weighted by Crippen LogP contribution is -2.28. The number of fused-ring (bicyclic) bond motifs is 1. The van der Waals surface area contributed by atoms with E-state index in [1.165, 1.54) is 0 Å². The fraction of sp³-hybridized carbons (Fsp3) is 0.286. The van der Waals surface area contributed by atoms with Crippen molar-refractivity contribution in [1.82, 2.24) is 9.88 Å². The second-order valence-corrected chi connectivity index (χ2v) is 4.95. The van der Waals surface area contributed by atoms with Gasteiger partial charge in [0.1, 0.15) is 5.69 Å². The van der Waals surface area contributed by atoms with Gasteiger partial charge in [-0.2, -0.15) is 0 Å². The molecule has 0 unspecified atom stereocenters. The monoisotopic (exact) mass is 306 g/mol. The molecule has 18 heavy (non-hydrogen) atoms. The topological polar surface area (TPSA) is 33.2 Å². The van der Waals surface area contributed by atoms with E-state index in [1.807, 2.05) is 37.4 Å². The van der Waals surface area contributed by atoms with Crippen LogP contribution in [-0.2, 0) is 0 Å². The third kappa shape index (κ3) is 2.88. The van der Waals surface area contributed by atoms with Crippen molar-refractivity contribution in [3.63, 3.8) is 0 Å². The predicted octanol–water partition coefficient (Wildman–Crippen LogP) is 3.09. The van der Waals surface area contributed by atoms with Gasteiger partial charge in [0.25, 0.3) is 5.91 Å². The summed E-state index contributed by atoms with van der Waals surface area (Å²) in [6.45, 7) is 0.735. The summed E-state index contributed by atoms with van der Waals surface area (Å²) in [5.41, 5.74) is 1.36. The number of halogens is 1. The Morgan fingerprint density at radius 3 is 2.83 bits per heavy atom. The Morgan fingerprint density at radius 2 is 2.06 bits per heavy atom. The molecule has 0 spiro atoms. The zero-order valence-corrected chi connectivity index (χ0v) is 11.9. The van der Waals surface area contributed by atoms with Gasteiger partial charge in [-0.15, -0.1) is 0 Å². The lowest BCUT2D eigenvalue weighted by Gasteiger charge is -2.16. The van der Waals surface area contributed by atoms with E-state index in [2.05, 4.69) is 20.9 Å². The predicted molar refractivity (Wildman–Crippen MR) is 77.1 cm³/mol. The van der Waals surface area contributed by atoms with Crippen molar-refractivity contribution in [2.75, 3.05) is 18.9 Å². The first kappa shape index (κ1) is 13.0. The molecule has 1 amide bonds. The normalized spacial score (nSPS) is 10.6. The van der Waals surface area contributed by atoms with E-state index in [4.69, 9.17) is 0 Å². The Hall–Kier alpha value is -1.42. The fourth-order valence-electron chi connectivity index (χ4n) is 1.78. The van der Waals surface area contributed by atoms with Gasteiger partial charge in [-0.05, 0) is 18.6 Å². The SMILES string of the molecule is CN(CCCBr)C(=O)c1ccc2ccccc2n1. The molecule has 0 aliphatic rings. The van der Waals surface area contributed by atoms with Crippen LogP contribution in [0.15, 0.2) is 36.4 Å². The van der Waals surface area contributed by atoms with E-state index >= 15 is 0 Å². The number of carbonyl (C=O) groups is 1. The number of aromatic nitrogens is 1. The minimum absolute atomic E-state index is 0.0262. The van der Waals surface area contributed by atoms with Crippen LogP contribution in [-0.4, -0.2) is 34.7 Å². The molecule has 1 aromatic carbocycles. The van der Waals surface area contributed by atoms with Crippen molar-refractivity contribution >= 4 is 32.7 Å². The average molecular weight is 307 g/mol. The van der Waals surface area contributed by atoms with E-state index in [1.54, 1.807) is 11.0 Å². The summed E-state index contributed by atoms with van der Waals surface area (Å²) in [4.78, 5) is 18.3. The second-order valence-electron chi connectivity index (χ2n) is 4.16. The number of carbonyl (C=O) groups excluding carboxylic acids is 1. The van der Waals surface area contributed by atoms with Crippen molar-refractivity contribution in [3.05, 3.63) is 42.1 Å². The molecular formula is C14H15BrN2O. The molecule has 1 heterocycles. The van der Waals surface area contributed by atoms with Gasteiger partial charge in [0.2, 0.25) is 0 Å². The molecule has 0 saturated heterocycles. The summed E-state index contributed by atoms with van der Waals surface area (Å²) in [5, 5.41) is 1.95. The van der Waals surface area contributed by atoms with Crippen LogP contribution in [0.3, 0.4) is 0 Å². The molecule has 0 radical (unpaired) electrons. The molecule has 2 aromatic rings. The van der Waals surface area contributed by atoms with E-state index in [-0.39, 0.29) is 5.91 Å². The fourth-order valence-corrected chi connectivity index (χ4v) is 2.03. The average Bonchev–Trinajstić information content (AvgIpc) is 2.43. The van der Waals surface area contributed by atoms with E-state index in [0.717, 1.165) is 29.2 Å². The van der Waals surface area contributed by atoms with Gasteiger partial charge in [-0.1, -0.05) is 40.2 Å². The zero-order valence-electron chi connectivity index (χ0n) is 10.3. The maximum absolute atomic E-state index is 12.1. The largest absolute Gasteiger partial charge is 0.340 e. The smallest absolute Gasteiger partial charge is 0.272 e. The number of benzene rings is 1. The number of para-hydroxylation sites is 1. The highest BCUT2D eigenvalue weighted by molar-refractivity contribution is 9.09. The quantitative estimate of drug-likeness (QED) is 0.813. The third-order valence-electron chi connectivity index (χ3n) is 2.79. The Labute approximate surface area is 115 Å². The molecule has 2 rings (SSSR count). The van der Waals surface area contributed by atoms with Crippen molar-refractivity contribution in [1.29, 1.82) is 0 Å². The molecule has 0 bridgehead atoms. The Bertz CT molecular complexity index is 556. The molecule has 0 saturated carbocycles. The summed E-state index contributed by atoms with van der Waals surface area (Å²) in [6, 6.07) is 11.5. The molecule has 0 aliphatic heterocycles. The first-order chi connectivity index (χ1) is 8.72. The van der Waals surface area contributed by atoms with Gasteiger partial charge < -0.3 is 4.90 Å². The number of rotatable bonds is 4. The number of amides is 1. The minimum atomic E-state index is -0.0262. The molecule has 0 N–H and O–H groups in total. The van der Waals surface area contributed by atoms with Crippen LogP contribution in [0.4, 0.5) is 0 Å². The second kappa shape index (κ2) is 5.96. The van der Waals surface area contributed by atoms with Crippen LogP contribution < -0.4 is 0 Å². The van der Waals surface area contributed by atoms with Gasteiger partial charge in [0, 0.05) is 24.3 Å². The van der Waals surface area contributed by atoms with Crippen LogP contribution >= 0.6 is 15.9 Å². The Morgan fingerprint density at radius 1 is 1.28 bits per heavy atom. The maximum atomic E-state index is 12.1. The van der Waals surface area contributed by atoms with E-state index < -0.39 is 0 Å². The van der Waals surface area contributed by atoms with Crippen molar-refractivity contribution in [3.8, 4) is 0 Å². The molecular weight excluding hydrogens is 292 g/mol. The number of nitrogens with zero attached hydrogens (tertiary/aromatic N) is 2. The van der Waals surface area contributed by atoms with Crippen molar-refractivity contribution in [2.24, 2.45) is 0 Å². The van der Waals surface area contributed by atoms with E-state index in [0.29, 0.717) is 5.69 Å². The highest BCUT2D eigenvalue weighted by atomic mass is 79.9. The Kier molecular flexibility index (Phi) is 4.31. The summed E-state index contributed by atoms with van der Waals surface area (Å²) < 4.78 is 0. The van der Waals surface area contributed by atoms with Crippen molar-refractivity contribution < 1.29 is 4.79 Å². The van der Waals surface area contributed by atoms with Gasteiger partial charge in [-0.3, -0.25) is 4.79 Å². The summed E-state index contributed by atoms with van der Waals surface area (Å²) in [5.74, 6) is -0.0262. The molecule has 94 valence electrons. The molecule has 4 heteroatoms.